The fraction of sp³-hybridized carbons (Fsp3) is 0.500. The van der Waals surface area contributed by atoms with E-state index in [4.69, 9.17) is 14.0 Å². The van der Waals surface area contributed by atoms with E-state index in [1.165, 1.54) is 0 Å². The molecule has 7 nitrogen and oxygen atoms in total. The SMILES string of the molecule is COCc1noc(CN2C[C@H](O)C[C@@H]2c2cccc(OC)c2)n1. The van der Waals surface area contributed by atoms with E-state index in [-0.39, 0.29) is 12.1 Å². The minimum absolute atomic E-state index is 0.0953. The van der Waals surface area contributed by atoms with Gasteiger partial charge in [-0.2, -0.15) is 4.98 Å². The van der Waals surface area contributed by atoms with Crippen molar-refractivity contribution in [3.8, 4) is 5.75 Å². The van der Waals surface area contributed by atoms with Gasteiger partial charge < -0.3 is 19.1 Å². The summed E-state index contributed by atoms with van der Waals surface area (Å²) in [4.78, 5) is 6.44. The summed E-state index contributed by atoms with van der Waals surface area (Å²) in [5.74, 6) is 1.86. The summed E-state index contributed by atoms with van der Waals surface area (Å²) in [5, 5.41) is 13.9. The number of β-amino-alcohol motifs (C(OH)–C–C–N with tert-alkyl or cyclic N) is 1. The first-order valence-electron chi connectivity index (χ1n) is 7.56. The summed E-state index contributed by atoms with van der Waals surface area (Å²) in [6.07, 6.45) is 0.305. The maximum absolute atomic E-state index is 10.1. The second kappa shape index (κ2) is 7.08. The smallest absolute Gasteiger partial charge is 0.240 e. The Morgan fingerprint density at radius 2 is 2.26 bits per heavy atom. The van der Waals surface area contributed by atoms with E-state index < -0.39 is 0 Å². The van der Waals surface area contributed by atoms with Gasteiger partial charge in [0, 0.05) is 19.7 Å². The average molecular weight is 319 g/mol. The van der Waals surface area contributed by atoms with Gasteiger partial charge in [-0.3, -0.25) is 4.90 Å². The molecule has 0 unspecified atom stereocenters. The minimum Gasteiger partial charge on any atom is -0.497 e. The molecule has 1 aliphatic rings. The van der Waals surface area contributed by atoms with Crippen molar-refractivity contribution in [1.29, 1.82) is 0 Å². The molecule has 7 heteroatoms. The lowest BCUT2D eigenvalue weighted by atomic mass is 10.0. The molecule has 1 saturated heterocycles. The number of benzene rings is 1. The maximum Gasteiger partial charge on any atom is 0.240 e. The topological polar surface area (TPSA) is 80.9 Å². The van der Waals surface area contributed by atoms with Crippen LogP contribution in [0.2, 0.25) is 0 Å². The Kier molecular flexibility index (Phi) is 4.90. The molecule has 2 aromatic rings. The van der Waals surface area contributed by atoms with Crippen molar-refractivity contribution in [2.75, 3.05) is 20.8 Å². The average Bonchev–Trinajstić information content (AvgIpc) is 3.15. The fourth-order valence-corrected chi connectivity index (χ4v) is 2.97. The molecule has 0 aliphatic carbocycles. The molecule has 0 saturated carbocycles. The van der Waals surface area contributed by atoms with Crippen molar-refractivity contribution >= 4 is 0 Å². The first kappa shape index (κ1) is 15.9. The molecule has 1 aromatic heterocycles. The highest BCUT2D eigenvalue weighted by Crippen LogP contribution is 2.34. The van der Waals surface area contributed by atoms with Crippen LogP contribution in [0.5, 0.6) is 5.75 Å². The molecule has 2 heterocycles. The van der Waals surface area contributed by atoms with E-state index in [1.54, 1.807) is 14.2 Å². The van der Waals surface area contributed by atoms with Gasteiger partial charge in [0.2, 0.25) is 5.89 Å². The van der Waals surface area contributed by atoms with Gasteiger partial charge in [-0.1, -0.05) is 17.3 Å². The number of nitrogens with zero attached hydrogens (tertiary/aromatic N) is 3. The molecule has 0 bridgehead atoms. The second-order valence-corrected chi connectivity index (χ2v) is 5.65. The number of methoxy groups -OCH3 is 2. The largest absolute Gasteiger partial charge is 0.497 e. The zero-order chi connectivity index (χ0) is 16.2. The van der Waals surface area contributed by atoms with Crippen LogP contribution in [0, 0.1) is 0 Å². The van der Waals surface area contributed by atoms with Gasteiger partial charge in [0.1, 0.15) is 12.4 Å². The number of ether oxygens (including phenoxy) is 2. The Morgan fingerprint density at radius 1 is 1.39 bits per heavy atom. The summed E-state index contributed by atoms with van der Waals surface area (Å²) < 4.78 is 15.5. The summed E-state index contributed by atoms with van der Waals surface area (Å²) in [6, 6.07) is 8.01. The Hall–Kier alpha value is -1.96. The molecular weight excluding hydrogens is 298 g/mol. The Bertz CT molecular complexity index is 646. The van der Waals surface area contributed by atoms with Crippen LogP contribution in [0.3, 0.4) is 0 Å². The van der Waals surface area contributed by atoms with Gasteiger partial charge in [0.25, 0.3) is 0 Å². The quantitative estimate of drug-likeness (QED) is 0.864. The molecule has 1 aliphatic heterocycles. The summed E-state index contributed by atoms with van der Waals surface area (Å²) >= 11 is 0. The van der Waals surface area contributed by atoms with Crippen LogP contribution < -0.4 is 4.74 Å². The Balaban J connectivity index is 1.76. The highest BCUT2D eigenvalue weighted by molar-refractivity contribution is 5.31. The predicted molar refractivity (Wildman–Crippen MR) is 81.8 cm³/mol. The number of hydrogen-bond donors (Lipinski definition) is 1. The fourth-order valence-electron chi connectivity index (χ4n) is 2.97. The predicted octanol–water partition coefficient (Wildman–Crippen LogP) is 1.53. The van der Waals surface area contributed by atoms with Crippen LogP contribution in [0.1, 0.15) is 29.7 Å². The summed E-state index contributed by atoms with van der Waals surface area (Å²) in [6.45, 7) is 1.39. The van der Waals surface area contributed by atoms with Gasteiger partial charge in [0.05, 0.1) is 19.8 Å². The van der Waals surface area contributed by atoms with E-state index in [2.05, 4.69) is 15.0 Å². The molecule has 1 aromatic carbocycles. The monoisotopic (exact) mass is 319 g/mol. The zero-order valence-corrected chi connectivity index (χ0v) is 13.3. The molecule has 23 heavy (non-hydrogen) atoms. The maximum atomic E-state index is 10.1. The number of aliphatic hydroxyl groups is 1. The highest BCUT2D eigenvalue weighted by atomic mass is 16.5. The van der Waals surface area contributed by atoms with Crippen molar-refractivity contribution < 1.29 is 19.1 Å². The second-order valence-electron chi connectivity index (χ2n) is 5.65. The van der Waals surface area contributed by atoms with E-state index in [0.717, 1.165) is 11.3 Å². The third-order valence-corrected chi connectivity index (χ3v) is 3.98. The van der Waals surface area contributed by atoms with E-state index in [9.17, 15) is 5.11 Å². The van der Waals surface area contributed by atoms with Gasteiger partial charge >= 0.3 is 0 Å². The number of aliphatic hydroxyl groups excluding tert-OH is 1. The molecule has 3 rings (SSSR count). The molecule has 0 spiro atoms. The third-order valence-electron chi connectivity index (χ3n) is 3.98. The zero-order valence-electron chi connectivity index (χ0n) is 13.3. The molecule has 2 atom stereocenters. The van der Waals surface area contributed by atoms with Crippen molar-refractivity contribution in [3.05, 3.63) is 41.5 Å². The van der Waals surface area contributed by atoms with Gasteiger partial charge in [-0.25, -0.2) is 0 Å². The minimum atomic E-state index is -0.368. The molecule has 1 N–H and O–H groups in total. The summed E-state index contributed by atoms with van der Waals surface area (Å²) in [5.41, 5.74) is 1.11. The van der Waals surface area contributed by atoms with Crippen molar-refractivity contribution in [3.63, 3.8) is 0 Å². The lowest BCUT2D eigenvalue weighted by Crippen LogP contribution is -2.24. The molecule has 0 amide bonds. The van der Waals surface area contributed by atoms with Crippen LogP contribution in [0.15, 0.2) is 28.8 Å². The summed E-state index contributed by atoms with van der Waals surface area (Å²) in [7, 11) is 3.24. The Labute approximate surface area is 134 Å². The van der Waals surface area contributed by atoms with Gasteiger partial charge in [-0.15, -0.1) is 0 Å². The number of rotatable bonds is 6. The van der Waals surface area contributed by atoms with Gasteiger partial charge in [0.15, 0.2) is 5.82 Å². The third kappa shape index (κ3) is 3.69. The first-order chi connectivity index (χ1) is 11.2. The van der Waals surface area contributed by atoms with Crippen molar-refractivity contribution in [2.45, 2.75) is 31.7 Å². The van der Waals surface area contributed by atoms with E-state index in [0.29, 0.717) is 37.8 Å². The van der Waals surface area contributed by atoms with Crippen LogP contribution in [-0.2, 0) is 17.9 Å². The Morgan fingerprint density at radius 3 is 3.04 bits per heavy atom. The highest BCUT2D eigenvalue weighted by Gasteiger charge is 2.33. The van der Waals surface area contributed by atoms with Crippen LogP contribution in [0.4, 0.5) is 0 Å². The molecule has 0 radical (unpaired) electrons. The number of likely N-dealkylation sites (tertiary alicyclic amines) is 1. The number of aromatic nitrogens is 2. The van der Waals surface area contributed by atoms with E-state index >= 15 is 0 Å². The molecular formula is C16H21N3O4. The lowest BCUT2D eigenvalue weighted by Gasteiger charge is -2.23. The first-order valence-corrected chi connectivity index (χ1v) is 7.56. The normalized spacial score (nSPS) is 21.7. The van der Waals surface area contributed by atoms with Crippen molar-refractivity contribution in [2.24, 2.45) is 0 Å². The van der Waals surface area contributed by atoms with Crippen LogP contribution >= 0.6 is 0 Å². The van der Waals surface area contributed by atoms with Crippen LogP contribution in [-0.4, -0.2) is 47.0 Å². The molecule has 1 fully saturated rings. The van der Waals surface area contributed by atoms with Crippen molar-refractivity contribution in [1.82, 2.24) is 15.0 Å². The molecule has 124 valence electrons. The van der Waals surface area contributed by atoms with Gasteiger partial charge in [-0.05, 0) is 24.1 Å². The standard InChI is InChI=1S/C16H21N3O4/c1-21-10-15-17-16(23-18-15)9-19-8-12(20)7-14(19)11-4-3-5-13(6-11)22-2/h3-6,12,14,20H,7-10H2,1-2H3/t12-,14-/m1/s1. The number of hydrogen-bond acceptors (Lipinski definition) is 7. The lowest BCUT2D eigenvalue weighted by molar-refractivity contribution is 0.164. The van der Waals surface area contributed by atoms with Crippen LogP contribution in [0.25, 0.3) is 0 Å². The van der Waals surface area contributed by atoms with E-state index in [1.807, 2.05) is 24.3 Å².